The number of fused-ring (bicyclic) bond motifs is 1. The fourth-order valence-electron chi connectivity index (χ4n) is 1.01. The molecule has 0 aliphatic rings. The van der Waals surface area contributed by atoms with Crippen molar-refractivity contribution in [1.29, 1.82) is 0 Å². The molecule has 2 rings (SSSR count). The number of aryl methyl sites for hydroxylation is 1. The minimum absolute atomic E-state index is 0.617. The fraction of sp³-hybridized carbons (Fsp3) is 0.167. The second kappa shape index (κ2) is 1.83. The molecule has 0 spiro atoms. The minimum atomic E-state index is 0.617. The summed E-state index contributed by atoms with van der Waals surface area (Å²) < 4.78 is 1.56. The lowest BCUT2D eigenvalue weighted by Gasteiger charge is -1.80. The first kappa shape index (κ1) is 5.92. The highest BCUT2D eigenvalue weighted by molar-refractivity contribution is 5.64. The van der Waals surface area contributed by atoms with Crippen molar-refractivity contribution in [2.24, 2.45) is 0 Å². The maximum absolute atomic E-state index is 6.81. The monoisotopic (exact) mass is 147 g/mol. The van der Waals surface area contributed by atoms with Crippen LogP contribution in [0.2, 0.25) is 0 Å². The lowest BCUT2D eigenvalue weighted by atomic mass is 10.3. The molecule has 2 aromatic rings. The molecule has 1 N–H and O–H groups in total. The molecule has 0 amide bonds. The van der Waals surface area contributed by atoms with Gasteiger partial charge < -0.3 is 0 Å². The van der Waals surface area contributed by atoms with Gasteiger partial charge in [-0.05, 0) is 17.4 Å². The molecule has 0 saturated heterocycles. The largest absolute Gasteiger partial charge is 0.242 e. The Bertz CT molecular complexity index is 429. The molecule has 0 radical (unpaired) electrons. The summed E-state index contributed by atoms with van der Waals surface area (Å²) in [5.41, 5.74) is 2.30. The third-order valence-corrected chi connectivity index (χ3v) is 1.63. The highest BCUT2D eigenvalue weighted by atomic mass is 15.5. The number of nitrogens with one attached hydrogen (secondary N) is 1. The summed E-state index contributed by atoms with van der Waals surface area (Å²) in [6.07, 6.45) is 1.65. The topological polar surface area (TPSA) is 50.3 Å². The van der Waals surface area contributed by atoms with E-state index in [0.717, 1.165) is 11.2 Å². The number of hydrogen-bond donors (Lipinski definition) is 1. The third kappa shape index (κ3) is 0.633. The predicted octanol–water partition coefficient (Wildman–Crippen LogP) is 0.917. The molecule has 0 aromatic carbocycles. The molecule has 5 heteroatoms. The zero-order valence-electron chi connectivity index (χ0n) is 5.87. The van der Waals surface area contributed by atoms with Gasteiger partial charge >= 0.3 is 0 Å². The molecule has 5 nitrogen and oxygen atoms in total. The SMILES string of the molecule is [C-]#[N+]c1cn2nn[nH]c2c1C. The van der Waals surface area contributed by atoms with Gasteiger partial charge in [0.25, 0.3) is 0 Å². The van der Waals surface area contributed by atoms with Gasteiger partial charge in [-0.15, -0.1) is 0 Å². The van der Waals surface area contributed by atoms with Crippen molar-refractivity contribution in [3.8, 4) is 0 Å². The third-order valence-electron chi connectivity index (χ3n) is 1.63. The first-order valence-corrected chi connectivity index (χ1v) is 3.09. The van der Waals surface area contributed by atoms with E-state index in [1.165, 1.54) is 0 Å². The van der Waals surface area contributed by atoms with Gasteiger partial charge in [-0.3, -0.25) is 0 Å². The second-order valence-corrected chi connectivity index (χ2v) is 2.25. The molecule has 0 aliphatic carbocycles. The quantitative estimate of drug-likeness (QED) is 0.563. The van der Waals surface area contributed by atoms with Gasteiger partial charge in [0.15, 0.2) is 0 Å². The molecule has 2 aromatic heterocycles. The van der Waals surface area contributed by atoms with Crippen LogP contribution < -0.4 is 0 Å². The van der Waals surface area contributed by atoms with E-state index in [1.54, 1.807) is 10.7 Å². The summed E-state index contributed by atoms with van der Waals surface area (Å²) >= 11 is 0. The number of tetrazole rings is 1. The van der Waals surface area contributed by atoms with Crippen molar-refractivity contribution < 1.29 is 0 Å². The Labute approximate surface area is 62.4 Å². The van der Waals surface area contributed by atoms with Crippen LogP contribution >= 0.6 is 0 Å². The summed E-state index contributed by atoms with van der Waals surface area (Å²) in [6, 6.07) is 0. The van der Waals surface area contributed by atoms with Crippen LogP contribution in [0.25, 0.3) is 10.5 Å². The van der Waals surface area contributed by atoms with Gasteiger partial charge in [0, 0.05) is 11.8 Å². The maximum atomic E-state index is 6.81. The van der Waals surface area contributed by atoms with Gasteiger partial charge in [-0.25, -0.2) is 14.5 Å². The molecule has 0 saturated carbocycles. The lowest BCUT2D eigenvalue weighted by molar-refractivity contribution is 0.827. The van der Waals surface area contributed by atoms with Crippen molar-refractivity contribution >= 4 is 11.3 Å². The Hall–Kier alpha value is -1.83. The van der Waals surface area contributed by atoms with Crippen molar-refractivity contribution in [3.05, 3.63) is 23.2 Å². The van der Waals surface area contributed by atoms with Crippen molar-refractivity contribution in [1.82, 2.24) is 20.0 Å². The van der Waals surface area contributed by atoms with Gasteiger partial charge in [-0.1, -0.05) is 0 Å². The van der Waals surface area contributed by atoms with Crippen LogP contribution in [0.3, 0.4) is 0 Å². The molecule has 2 heterocycles. The number of H-pyrrole nitrogens is 1. The summed E-state index contributed by atoms with van der Waals surface area (Å²) in [4.78, 5) is 3.32. The Kier molecular flexibility index (Phi) is 0.982. The van der Waals surface area contributed by atoms with Crippen LogP contribution in [-0.2, 0) is 0 Å². The van der Waals surface area contributed by atoms with Crippen LogP contribution in [-0.4, -0.2) is 20.0 Å². The van der Waals surface area contributed by atoms with Crippen LogP contribution in [0.4, 0.5) is 5.69 Å². The Balaban J connectivity index is 2.90. The molecule has 0 unspecified atom stereocenters. The van der Waals surface area contributed by atoms with Gasteiger partial charge in [0.2, 0.25) is 5.69 Å². The lowest BCUT2D eigenvalue weighted by Crippen LogP contribution is -1.77. The first-order chi connectivity index (χ1) is 5.33. The zero-order valence-corrected chi connectivity index (χ0v) is 5.87. The minimum Gasteiger partial charge on any atom is -0.242 e. The number of aromatic nitrogens is 4. The normalized spacial score (nSPS) is 10.2. The smallest absolute Gasteiger partial charge is 0.211 e. The van der Waals surface area contributed by atoms with Crippen LogP contribution in [0, 0.1) is 13.5 Å². The average Bonchev–Trinajstić information content (AvgIpc) is 2.53. The Morgan fingerprint density at radius 3 is 3.18 bits per heavy atom. The van der Waals surface area contributed by atoms with Crippen molar-refractivity contribution in [2.75, 3.05) is 0 Å². The van der Waals surface area contributed by atoms with E-state index in [9.17, 15) is 0 Å². The molecular formula is C6H5N5. The van der Waals surface area contributed by atoms with E-state index in [0.29, 0.717) is 5.69 Å². The predicted molar refractivity (Wildman–Crippen MR) is 38.3 cm³/mol. The molecule has 0 atom stereocenters. The summed E-state index contributed by atoms with van der Waals surface area (Å²) in [6.45, 7) is 8.67. The number of rotatable bonds is 0. The Morgan fingerprint density at radius 1 is 1.73 bits per heavy atom. The van der Waals surface area contributed by atoms with Crippen LogP contribution in [0.1, 0.15) is 5.56 Å². The van der Waals surface area contributed by atoms with Crippen molar-refractivity contribution in [2.45, 2.75) is 6.92 Å². The number of aromatic amines is 1. The Morgan fingerprint density at radius 2 is 2.55 bits per heavy atom. The maximum Gasteiger partial charge on any atom is 0.211 e. The van der Waals surface area contributed by atoms with Gasteiger partial charge in [0.05, 0.1) is 6.57 Å². The van der Waals surface area contributed by atoms with E-state index in [-0.39, 0.29) is 0 Å². The summed E-state index contributed by atoms with van der Waals surface area (Å²) in [7, 11) is 0. The first-order valence-electron chi connectivity index (χ1n) is 3.09. The number of hydrogen-bond acceptors (Lipinski definition) is 2. The molecule has 0 bridgehead atoms. The summed E-state index contributed by atoms with van der Waals surface area (Å²) in [5.74, 6) is 0. The summed E-state index contributed by atoms with van der Waals surface area (Å²) in [5, 5.41) is 10.00. The molecule has 0 aliphatic heterocycles. The van der Waals surface area contributed by atoms with Crippen molar-refractivity contribution in [3.63, 3.8) is 0 Å². The van der Waals surface area contributed by atoms with Gasteiger partial charge in [-0.2, -0.15) is 0 Å². The second-order valence-electron chi connectivity index (χ2n) is 2.25. The fourth-order valence-corrected chi connectivity index (χ4v) is 1.01. The zero-order chi connectivity index (χ0) is 7.84. The molecule has 0 fully saturated rings. The van der Waals surface area contributed by atoms with Gasteiger partial charge in [0.1, 0.15) is 5.65 Å². The van der Waals surface area contributed by atoms with E-state index in [1.807, 2.05) is 6.92 Å². The van der Waals surface area contributed by atoms with E-state index in [4.69, 9.17) is 6.57 Å². The molecule has 54 valence electrons. The van der Waals surface area contributed by atoms with Crippen LogP contribution in [0.15, 0.2) is 6.20 Å². The van der Waals surface area contributed by atoms with E-state index >= 15 is 0 Å². The number of nitrogens with zero attached hydrogens (tertiary/aromatic N) is 4. The average molecular weight is 147 g/mol. The van der Waals surface area contributed by atoms with E-state index < -0.39 is 0 Å². The highest BCUT2D eigenvalue weighted by Gasteiger charge is 2.07. The van der Waals surface area contributed by atoms with Crippen LogP contribution in [0.5, 0.6) is 0 Å². The standard InChI is InChI=1S/C6H5N5/c1-4-5(7-2)3-11-6(4)8-9-10-11/h3H,1H3,(H,8,10). The van der Waals surface area contributed by atoms with E-state index in [2.05, 4.69) is 20.4 Å². The molecular weight excluding hydrogens is 142 g/mol. The molecule has 11 heavy (non-hydrogen) atoms. The highest BCUT2D eigenvalue weighted by Crippen LogP contribution is 2.21.